The van der Waals surface area contributed by atoms with Crippen molar-refractivity contribution < 1.29 is 8.42 Å². The molecule has 5 nitrogen and oxygen atoms in total. The van der Waals surface area contributed by atoms with Gasteiger partial charge in [0.1, 0.15) is 0 Å². The van der Waals surface area contributed by atoms with Crippen LogP contribution in [0.15, 0.2) is 24.3 Å². The molecule has 0 aliphatic carbocycles. The van der Waals surface area contributed by atoms with Crippen molar-refractivity contribution in [3.05, 3.63) is 35.4 Å². The molecule has 0 unspecified atom stereocenters. The van der Waals surface area contributed by atoms with Gasteiger partial charge in [0.25, 0.3) is 0 Å². The molecule has 0 saturated carbocycles. The number of benzene rings is 1. The molecule has 0 bridgehead atoms. The first-order valence-electron chi connectivity index (χ1n) is 7.33. The quantitative estimate of drug-likeness (QED) is 0.637. The molecular weight excluding hydrogens is 286 g/mol. The van der Waals surface area contributed by atoms with E-state index in [-0.39, 0.29) is 5.75 Å². The molecule has 0 saturated heterocycles. The van der Waals surface area contributed by atoms with Crippen molar-refractivity contribution in [2.24, 2.45) is 0 Å². The minimum atomic E-state index is -3.26. The summed E-state index contributed by atoms with van der Waals surface area (Å²) in [5.74, 6) is 0.0366. The van der Waals surface area contributed by atoms with Crippen LogP contribution in [0.3, 0.4) is 0 Å². The smallest absolute Gasteiger partial charge is 0.215 e. The van der Waals surface area contributed by atoms with Crippen molar-refractivity contribution in [1.82, 2.24) is 14.9 Å². The van der Waals surface area contributed by atoms with Gasteiger partial charge in [-0.1, -0.05) is 31.2 Å². The lowest BCUT2D eigenvalue weighted by Crippen LogP contribution is -2.28. The third-order valence-corrected chi connectivity index (χ3v) is 4.39. The maximum Gasteiger partial charge on any atom is 0.215 e. The van der Waals surface area contributed by atoms with Gasteiger partial charge in [0.05, 0.1) is 5.75 Å². The minimum Gasteiger partial charge on any atom is -0.313 e. The van der Waals surface area contributed by atoms with Crippen LogP contribution in [0.25, 0.3) is 0 Å². The van der Waals surface area contributed by atoms with Crippen LogP contribution < -0.4 is 10.0 Å². The Morgan fingerprint density at radius 2 is 1.90 bits per heavy atom. The highest BCUT2D eigenvalue weighted by molar-refractivity contribution is 7.88. The average molecular weight is 313 g/mol. The van der Waals surface area contributed by atoms with Crippen LogP contribution in [0, 0.1) is 0 Å². The van der Waals surface area contributed by atoms with Gasteiger partial charge in [0.15, 0.2) is 0 Å². The second kappa shape index (κ2) is 9.15. The summed E-state index contributed by atoms with van der Waals surface area (Å²) in [4.78, 5) is 2.04. The Hall–Kier alpha value is -0.950. The Kier molecular flexibility index (Phi) is 7.88. The van der Waals surface area contributed by atoms with Crippen LogP contribution in [-0.2, 0) is 22.3 Å². The SMILES string of the molecule is CCNCc1cccc(CS(=O)(=O)NCCCN(C)C)c1. The number of nitrogens with zero attached hydrogens (tertiary/aromatic N) is 1. The third kappa shape index (κ3) is 8.16. The van der Waals surface area contributed by atoms with Crippen molar-refractivity contribution in [2.45, 2.75) is 25.6 Å². The number of nitrogens with one attached hydrogen (secondary N) is 2. The number of hydrogen-bond acceptors (Lipinski definition) is 4. The number of hydrogen-bond donors (Lipinski definition) is 2. The first kappa shape index (κ1) is 18.1. The fourth-order valence-electron chi connectivity index (χ4n) is 1.99. The molecule has 21 heavy (non-hydrogen) atoms. The van der Waals surface area contributed by atoms with Gasteiger partial charge in [-0.3, -0.25) is 0 Å². The zero-order chi connectivity index (χ0) is 15.7. The van der Waals surface area contributed by atoms with Gasteiger partial charge < -0.3 is 10.2 Å². The average Bonchev–Trinajstić information content (AvgIpc) is 2.41. The van der Waals surface area contributed by atoms with Crippen LogP contribution in [0.4, 0.5) is 0 Å². The summed E-state index contributed by atoms with van der Waals surface area (Å²) in [6.45, 7) is 5.07. The first-order chi connectivity index (χ1) is 9.93. The summed E-state index contributed by atoms with van der Waals surface area (Å²) in [7, 11) is 0.694. The van der Waals surface area contributed by atoms with Gasteiger partial charge in [-0.2, -0.15) is 0 Å². The third-order valence-electron chi connectivity index (χ3n) is 3.03. The Morgan fingerprint density at radius 3 is 2.57 bits per heavy atom. The summed E-state index contributed by atoms with van der Waals surface area (Å²) in [6.07, 6.45) is 0.812. The van der Waals surface area contributed by atoms with Crippen molar-refractivity contribution in [3.63, 3.8) is 0 Å². The number of rotatable bonds is 10. The second-order valence-corrected chi connectivity index (χ2v) is 7.22. The highest BCUT2D eigenvalue weighted by Gasteiger charge is 2.11. The molecule has 2 N–H and O–H groups in total. The topological polar surface area (TPSA) is 61.4 Å². The molecule has 0 radical (unpaired) electrons. The Bertz CT molecular complexity index is 515. The molecule has 0 atom stereocenters. The van der Waals surface area contributed by atoms with Crippen LogP contribution >= 0.6 is 0 Å². The van der Waals surface area contributed by atoms with E-state index < -0.39 is 10.0 Å². The second-order valence-electron chi connectivity index (χ2n) is 5.41. The van der Waals surface area contributed by atoms with Crippen LogP contribution in [0.5, 0.6) is 0 Å². The maximum atomic E-state index is 12.0. The lowest BCUT2D eigenvalue weighted by atomic mass is 10.1. The van der Waals surface area contributed by atoms with Crippen molar-refractivity contribution in [2.75, 3.05) is 33.7 Å². The predicted molar refractivity (Wildman–Crippen MR) is 87.6 cm³/mol. The summed E-state index contributed by atoms with van der Waals surface area (Å²) in [5.41, 5.74) is 1.93. The molecule has 0 spiro atoms. The normalized spacial score (nSPS) is 12.0. The molecule has 0 aromatic heterocycles. The number of sulfonamides is 1. The van der Waals surface area contributed by atoms with E-state index in [2.05, 4.69) is 10.0 Å². The van der Waals surface area contributed by atoms with Gasteiger partial charge in [-0.25, -0.2) is 13.1 Å². The molecular formula is C15H27N3O2S. The fourth-order valence-corrected chi connectivity index (χ4v) is 3.17. The standard InChI is InChI=1S/C15H27N3O2S/c1-4-16-12-14-7-5-8-15(11-14)13-21(19,20)17-9-6-10-18(2)3/h5,7-8,11,16-17H,4,6,9-10,12-13H2,1-3H3. The zero-order valence-electron chi connectivity index (χ0n) is 13.2. The molecule has 6 heteroatoms. The largest absolute Gasteiger partial charge is 0.313 e. The molecule has 120 valence electrons. The molecule has 0 amide bonds. The summed E-state index contributed by atoms with van der Waals surface area (Å²) < 4.78 is 26.7. The molecule has 1 aromatic carbocycles. The predicted octanol–water partition coefficient (Wildman–Crippen LogP) is 1.17. The lowest BCUT2D eigenvalue weighted by molar-refractivity contribution is 0.400. The fraction of sp³-hybridized carbons (Fsp3) is 0.600. The van der Waals surface area contributed by atoms with E-state index in [1.165, 1.54) is 0 Å². The zero-order valence-corrected chi connectivity index (χ0v) is 14.0. The highest BCUT2D eigenvalue weighted by atomic mass is 32.2. The molecule has 1 rings (SSSR count). The van der Waals surface area contributed by atoms with E-state index in [0.717, 1.165) is 37.2 Å². The van der Waals surface area contributed by atoms with Gasteiger partial charge >= 0.3 is 0 Å². The van der Waals surface area contributed by atoms with E-state index in [1.807, 2.05) is 50.2 Å². The van der Waals surface area contributed by atoms with Gasteiger partial charge in [-0.05, 0) is 44.7 Å². The van der Waals surface area contributed by atoms with E-state index >= 15 is 0 Å². The summed E-state index contributed by atoms with van der Waals surface area (Å²) in [6, 6.07) is 7.71. The van der Waals surface area contributed by atoms with Crippen molar-refractivity contribution in [1.29, 1.82) is 0 Å². The monoisotopic (exact) mass is 313 g/mol. The van der Waals surface area contributed by atoms with E-state index in [0.29, 0.717) is 6.54 Å². The first-order valence-corrected chi connectivity index (χ1v) is 8.99. The van der Waals surface area contributed by atoms with Crippen molar-refractivity contribution >= 4 is 10.0 Å². The van der Waals surface area contributed by atoms with E-state index in [9.17, 15) is 8.42 Å². The van der Waals surface area contributed by atoms with Crippen LogP contribution in [-0.4, -0.2) is 47.0 Å². The van der Waals surface area contributed by atoms with E-state index in [1.54, 1.807) is 0 Å². The van der Waals surface area contributed by atoms with Crippen LogP contribution in [0.2, 0.25) is 0 Å². The lowest BCUT2D eigenvalue weighted by Gasteiger charge is -2.11. The van der Waals surface area contributed by atoms with Gasteiger partial charge in [-0.15, -0.1) is 0 Å². The van der Waals surface area contributed by atoms with E-state index in [4.69, 9.17) is 0 Å². The minimum absolute atomic E-state index is 0.0366. The molecule has 0 aliphatic heterocycles. The Balaban J connectivity index is 2.50. The molecule has 0 fully saturated rings. The van der Waals surface area contributed by atoms with Gasteiger partial charge in [0, 0.05) is 13.1 Å². The van der Waals surface area contributed by atoms with Crippen LogP contribution in [0.1, 0.15) is 24.5 Å². The highest BCUT2D eigenvalue weighted by Crippen LogP contribution is 2.08. The molecule has 1 aromatic rings. The summed E-state index contributed by atoms with van der Waals surface area (Å²) in [5, 5.41) is 3.24. The molecule has 0 heterocycles. The maximum absolute atomic E-state index is 12.0. The Morgan fingerprint density at radius 1 is 1.19 bits per heavy atom. The van der Waals surface area contributed by atoms with Crippen molar-refractivity contribution in [3.8, 4) is 0 Å². The Labute approximate surface area is 128 Å². The van der Waals surface area contributed by atoms with Gasteiger partial charge in [0.2, 0.25) is 10.0 Å². The summed E-state index contributed by atoms with van der Waals surface area (Å²) >= 11 is 0. The molecule has 0 aliphatic rings.